The monoisotopic (exact) mass is 253 g/mol. The highest BCUT2D eigenvalue weighted by atomic mass is 32.2. The number of rotatable bonds is 7. The van der Waals surface area contributed by atoms with Gasteiger partial charge in [-0.2, -0.15) is 4.31 Å². The summed E-state index contributed by atoms with van der Waals surface area (Å²) < 4.78 is 28.8. The van der Waals surface area contributed by atoms with Crippen LogP contribution in [0.1, 0.15) is 19.8 Å². The van der Waals surface area contributed by atoms with E-state index in [9.17, 15) is 13.2 Å². The number of methoxy groups -OCH3 is 1. The van der Waals surface area contributed by atoms with Crippen molar-refractivity contribution in [3.63, 3.8) is 0 Å². The summed E-state index contributed by atoms with van der Waals surface area (Å²) in [4.78, 5) is 10.8. The second kappa shape index (κ2) is 6.82. The van der Waals surface area contributed by atoms with Gasteiger partial charge in [0.15, 0.2) is 0 Å². The fourth-order valence-corrected chi connectivity index (χ4v) is 2.45. The molecule has 16 heavy (non-hydrogen) atoms. The Morgan fingerprint density at radius 2 is 2.06 bits per heavy atom. The van der Waals surface area contributed by atoms with Crippen molar-refractivity contribution in [2.24, 2.45) is 0 Å². The van der Waals surface area contributed by atoms with Crippen molar-refractivity contribution >= 4 is 16.0 Å². The average Bonchev–Trinajstić information content (AvgIpc) is 2.26. The van der Waals surface area contributed by atoms with E-state index in [-0.39, 0.29) is 25.2 Å². The van der Waals surface area contributed by atoms with Gasteiger partial charge in [0.2, 0.25) is 10.0 Å². The molecule has 0 aliphatic rings. The number of likely N-dealkylation sites (N-methyl/N-ethyl adjacent to an activating group) is 1. The van der Waals surface area contributed by atoms with Crippen LogP contribution < -0.4 is 0 Å². The average molecular weight is 253 g/mol. The van der Waals surface area contributed by atoms with Gasteiger partial charge in [0, 0.05) is 19.5 Å². The van der Waals surface area contributed by atoms with E-state index in [1.54, 1.807) is 6.92 Å². The van der Waals surface area contributed by atoms with E-state index in [2.05, 4.69) is 4.74 Å². The first-order valence-corrected chi connectivity index (χ1v) is 6.59. The molecule has 0 aromatic carbocycles. The van der Waals surface area contributed by atoms with E-state index in [1.165, 1.54) is 14.2 Å². The molecule has 7 heteroatoms. The number of carbonyl (C=O) groups is 1. The van der Waals surface area contributed by atoms with E-state index >= 15 is 0 Å². The van der Waals surface area contributed by atoms with Gasteiger partial charge >= 0.3 is 5.97 Å². The molecule has 0 rings (SSSR count). The zero-order chi connectivity index (χ0) is 12.8. The highest BCUT2D eigenvalue weighted by molar-refractivity contribution is 7.89. The third-order valence-corrected chi connectivity index (χ3v) is 4.38. The number of esters is 1. The summed E-state index contributed by atoms with van der Waals surface area (Å²) in [5.74, 6) is -0.545. The number of sulfonamides is 1. The van der Waals surface area contributed by atoms with E-state index in [1.807, 2.05) is 0 Å². The van der Waals surface area contributed by atoms with Gasteiger partial charge in [0.25, 0.3) is 0 Å². The highest BCUT2D eigenvalue weighted by Crippen LogP contribution is 2.07. The second-order valence-electron chi connectivity index (χ2n) is 3.54. The molecule has 0 saturated carbocycles. The van der Waals surface area contributed by atoms with Gasteiger partial charge in [-0.3, -0.25) is 4.79 Å². The third-order valence-electron chi connectivity index (χ3n) is 2.33. The molecule has 0 radical (unpaired) electrons. The van der Waals surface area contributed by atoms with Crippen molar-refractivity contribution < 1.29 is 23.1 Å². The van der Waals surface area contributed by atoms with Gasteiger partial charge < -0.3 is 9.84 Å². The molecular formula is C9H19NO5S. The first kappa shape index (κ1) is 15.3. The van der Waals surface area contributed by atoms with Crippen LogP contribution in [-0.2, 0) is 19.6 Å². The SMILES string of the molecule is COC(=O)CCCS(=O)(=O)N(C)C(C)CO. The molecule has 0 aliphatic carbocycles. The molecule has 1 atom stereocenters. The van der Waals surface area contributed by atoms with Crippen LogP contribution in [0, 0.1) is 0 Å². The van der Waals surface area contributed by atoms with E-state index in [4.69, 9.17) is 5.11 Å². The molecule has 6 nitrogen and oxygen atoms in total. The molecule has 0 aromatic rings. The van der Waals surface area contributed by atoms with Crippen molar-refractivity contribution in [1.29, 1.82) is 0 Å². The number of aliphatic hydroxyl groups excluding tert-OH is 1. The number of ether oxygens (including phenoxy) is 1. The maximum absolute atomic E-state index is 11.7. The minimum Gasteiger partial charge on any atom is -0.469 e. The van der Waals surface area contributed by atoms with Crippen LogP contribution in [0.2, 0.25) is 0 Å². The Hall–Kier alpha value is -0.660. The summed E-state index contributed by atoms with van der Waals surface area (Å²) in [6.07, 6.45) is 0.300. The van der Waals surface area contributed by atoms with Crippen LogP contribution in [0.4, 0.5) is 0 Å². The van der Waals surface area contributed by atoms with Crippen LogP contribution in [0.25, 0.3) is 0 Å². The number of aliphatic hydroxyl groups is 1. The molecule has 1 unspecified atom stereocenters. The smallest absolute Gasteiger partial charge is 0.305 e. The Balaban J connectivity index is 4.20. The van der Waals surface area contributed by atoms with E-state index in [0.29, 0.717) is 0 Å². The zero-order valence-corrected chi connectivity index (χ0v) is 10.7. The second-order valence-corrected chi connectivity index (χ2v) is 5.69. The number of hydrogen-bond donors (Lipinski definition) is 1. The third kappa shape index (κ3) is 4.91. The largest absolute Gasteiger partial charge is 0.469 e. The summed E-state index contributed by atoms with van der Waals surface area (Å²) in [7, 11) is -0.738. The van der Waals surface area contributed by atoms with Crippen LogP contribution in [0.15, 0.2) is 0 Å². The Morgan fingerprint density at radius 1 is 1.50 bits per heavy atom. The quantitative estimate of drug-likeness (QED) is 0.623. The first-order valence-electron chi connectivity index (χ1n) is 4.98. The van der Waals surface area contributed by atoms with Gasteiger partial charge in [-0.05, 0) is 13.3 Å². The van der Waals surface area contributed by atoms with Gasteiger partial charge in [0.05, 0.1) is 19.5 Å². The standard InChI is InChI=1S/C9H19NO5S/c1-8(7-11)10(2)16(13,14)6-4-5-9(12)15-3/h8,11H,4-7H2,1-3H3. The van der Waals surface area contributed by atoms with Crippen molar-refractivity contribution in [2.45, 2.75) is 25.8 Å². The van der Waals surface area contributed by atoms with Crippen molar-refractivity contribution in [2.75, 3.05) is 26.5 Å². The molecule has 0 amide bonds. The minimum absolute atomic E-state index is 0.0804. The van der Waals surface area contributed by atoms with E-state index in [0.717, 1.165) is 4.31 Å². The van der Waals surface area contributed by atoms with Gasteiger partial charge in [-0.25, -0.2) is 8.42 Å². The first-order chi connectivity index (χ1) is 7.35. The van der Waals surface area contributed by atoms with Crippen molar-refractivity contribution in [3.05, 3.63) is 0 Å². The van der Waals surface area contributed by atoms with Gasteiger partial charge in [-0.15, -0.1) is 0 Å². The lowest BCUT2D eigenvalue weighted by Gasteiger charge is -2.22. The maximum Gasteiger partial charge on any atom is 0.305 e. The maximum atomic E-state index is 11.7. The lowest BCUT2D eigenvalue weighted by atomic mass is 10.3. The summed E-state index contributed by atoms with van der Waals surface area (Å²) in [6.45, 7) is 1.38. The number of carbonyl (C=O) groups excluding carboxylic acids is 1. The molecule has 0 bridgehead atoms. The van der Waals surface area contributed by atoms with Crippen molar-refractivity contribution in [3.8, 4) is 0 Å². The van der Waals surface area contributed by atoms with Crippen molar-refractivity contribution in [1.82, 2.24) is 4.31 Å². The van der Waals surface area contributed by atoms with Crippen LogP contribution in [0.5, 0.6) is 0 Å². The molecule has 0 fully saturated rings. The predicted octanol–water partition coefficient (Wildman–Crippen LogP) is -0.418. The number of nitrogens with zero attached hydrogens (tertiary/aromatic N) is 1. The van der Waals surface area contributed by atoms with Crippen LogP contribution in [-0.4, -0.2) is 56.4 Å². The van der Waals surface area contributed by atoms with Gasteiger partial charge in [0.1, 0.15) is 0 Å². The van der Waals surface area contributed by atoms with E-state index < -0.39 is 22.0 Å². The lowest BCUT2D eigenvalue weighted by Crippen LogP contribution is -2.38. The topological polar surface area (TPSA) is 83.9 Å². The molecule has 0 heterocycles. The minimum atomic E-state index is -3.41. The van der Waals surface area contributed by atoms with Crippen LogP contribution in [0.3, 0.4) is 0 Å². The Kier molecular flexibility index (Phi) is 6.54. The predicted molar refractivity (Wildman–Crippen MR) is 59.3 cm³/mol. The molecule has 96 valence electrons. The Morgan fingerprint density at radius 3 is 2.50 bits per heavy atom. The Labute approximate surface area is 96.2 Å². The number of hydrogen-bond acceptors (Lipinski definition) is 5. The summed E-state index contributed by atoms with van der Waals surface area (Å²) in [5, 5.41) is 8.84. The molecule has 0 aliphatic heterocycles. The molecule has 0 aromatic heterocycles. The molecule has 0 saturated heterocycles. The highest BCUT2D eigenvalue weighted by Gasteiger charge is 2.22. The summed E-state index contributed by atoms with van der Waals surface area (Å²) in [5.41, 5.74) is 0. The normalized spacial score (nSPS) is 13.8. The van der Waals surface area contributed by atoms with Gasteiger partial charge in [-0.1, -0.05) is 0 Å². The fourth-order valence-electron chi connectivity index (χ4n) is 1.03. The summed E-state index contributed by atoms with van der Waals surface area (Å²) in [6, 6.07) is -0.455. The Bertz CT molecular complexity index is 314. The molecule has 0 spiro atoms. The fraction of sp³-hybridized carbons (Fsp3) is 0.889. The zero-order valence-electron chi connectivity index (χ0n) is 9.84. The molecule has 1 N–H and O–H groups in total. The molecular weight excluding hydrogens is 234 g/mol. The van der Waals surface area contributed by atoms with Crippen LogP contribution >= 0.6 is 0 Å². The lowest BCUT2D eigenvalue weighted by molar-refractivity contribution is -0.140. The summed E-state index contributed by atoms with van der Waals surface area (Å²) >= 11 is 0.